The van der Waals surface area contributed by atoms with E-state index in [2.05, 4.69) is 31.8 Å². The summed E-state index contributed by atoms with van der Waals surface area (Å²) in [5.41, 5.74) is 7.74. The van der Waals surface area contributed by atoms with Crippen LogP contribution in [0.3, 0.4) is 0 Å². The number of hydrogen-bond acceptors (Lipinski definition) is 8. The lowest BCUT2D eigenvalue weighted by Gasteiger charge is -2.44. The number of benzene rings is 1. The highest BCUT2D eigenvalue weighted by Crippen LogP contribution is 2.43. The molecule has 2 aliphatic rings. The molecule has 14 heteroatoms. The molecule has 4 atom stereocenters. The van der Waals surface area contributed by atoms with Crippen LogP contribution >= 0.6 is 0 Å². The summed E-state index contributed by atoms with van der Waals surface area (Å²) in [5.74, 6) is -2.37. The highest BCUT2D eigenvalue weighted by atomic mass is 19.1. The fourth-order valence-electron chi connectivity index (χ4n) is 6.85. The van der Waals surface area contributed by atoms with Gasteiger partial charge in [0, 0.05) is 59.9 Å². The second-order valence-electron chi connectivity index (χ2n) is 13.3. The van der Waals surface area contributed by atoms with Gasteiger partial charge < -0.3 is 20.9 Å². The van der Waals surface area contributed by atoms with E-state index in [9.17, 15) is 14.4 Å². The van der Waals surface area contributed by atoms with Crippen LogP contribution in [0.25, 0.3) is 22.3 Å². The van der Waals surface area contributed by atoms with Crippen molar-refractivity contribution in [3.8, 4) is 11.3 Å². The number of nitrogens with two attached hydrogens (primary N) is 1. The van der Waals surface area contributed by atoms with Gasteiger partial charge in [0.2, 0.25) is 17.5 Å². The summed E-state index contributed by atoms with van der Waals surface area (Å²) < 4.78 is 34.0. The van der Waals surface area contributed by atoms with Crippen LogP contribution in [0, 0.1) is 11.6 Å². The number of carbonyl (C=O) groups is 2. The number of amides is 2. The predicted molar refractivity (Wildman–Crippen MR) is 188 cm³/mol. The number of aromatic amines is 1. The van der Waals surface area contributed by atoms with Crippen molar-refractivity contribution in [2.75, 3.05) is 30.4 Å². The van der Waals surface area contributed by atoms with Crippen LogP contribution in [-0.4, -0.2) is 85.7 Å². The van der Waals surface area contributed by atoms with Crippen molar-refractivity contribution in [3.63, 3.8) is 0 Å². The van der Waals surface area contributed by atoms with E-state index in [-0.39, 0.29) is 58.4 Å². The average molecular weight is 685 g/mol. The van der Waals surface area contributed by atoms with Crippen molar-refractivity contribution in [1.82, 2.24) is 24.8 Å². The third-order valence-electron chi connectivity index (χ3n) is 9.41. The molecule has 5 heterocycles. The van der Waals surface area contributed by atoms with Crippen molar-refractivity contribution in [1.29, 1.82) is 0 Å². The van der Waals surface area contributed by atoms with Crippen LogP contribution in [0.4, 0.5) is 26.0 Å². The Morgan fingerprint density at radius 1 is 1.14 bits per heavy atom. The lowest BCUT2D eigenvalue weighted by atomic mass is 9.88. The van der Waals surface area contributed by atoms with E-state index in [0.717, 1.165) is 5.69 Å². The topological polar surface area (TPSA) is 153 Å². The van der Waals surface area contributed by atoms with Crippen LogP contribution in [0.1, 0.15) is 57.2 Å². The molecule has 2 amide bonds. The molecule has 4 aromatic rings. The lowest BCUT2D eigenvalue weighted by molar-refractivity contribution is -0.396. The number of rotatable bonds is 8. The van der Waals surface area contributed by atoms with Crippen LogP contribution in [-0.2, 0) is 9.59 Å². The molecule has 2 aliphatic heterocycles. The van der Waals surface area contributed by atoms with Gasteiger partial charge >= 0.3 is 5.69 Å². The minimum absolute atomic E-state index is 0.0268. The number of H-pyrrole nitrogens is 1. The molecule has 50 heavy (non-hydrogen) atoms. The monoisotopic (exact) mass is 684 g/mol. The van der Waals surface area contributed by atoms with Crippen LogP contribution in [0.5, 0.6) is 0 Å². The minimum atomic E-state index is -0.992. The van der Waals surface area contributed by atoms with Gasteiger partial charge in [0.05, 0.1) is 17.3 Å². The van der Waals surface area contributed by atoms with Crippen molar-refractivity contribution in [2.45, 2.75) is 64.1 Å². The number of pyridine rings is 2. The molecule has 4 N–H and O–H groups in total. The van der Waals surface area contributed by atoms with E-state index < -0.39 is 35.2 Å². The fraction of sp³-hybridized carbons (Fsp3) is 0.361. The van der Waals surface area contributed by atoms with Crippen LogP contribution < -0.4 is 21.6 Å². The first kappa shape index (κ1) is 34.5. The first-order chi connectivity index (χ1) is 23.8. The Kier molecular flexibility index (Phi) is 9.31. The number of nitrogens with zero attached hydrogens (tertiary/aromatic N) is 6. The Hall–Kier alpha value is -5.37. The number of halogens is 2. The van der Waals surface area contributed by atoms with Crippen molar-refractivity contribution in [2.24, 2.45) is 5.73 Å². The summed E-state index contributed by atoms with van der Waals surface area (Å²) in [5, 5.41) is 3.08. The number of aromatic nitrogens is 4. The normalized spacial score (nSPS) is 19.4. The van der Waals surface area contributed by atoms with E-state index in [1.807, 2.05) is 38.8 Å². The lowest BCUT2D eigenvalue weighted by Crippen LogP contribution is -2.58. The zero-order chi connectivity index (χ0) is 36.0. The Bertz CT molecular complexity index is 2110. The number of piperazine rings is 1. The molecule has 1 fully saturated rings. The van der Waals surface area contributed by atoms with Gasteiger partial charge in [-0.1, -0.05) is 20.4 Å². The van der Waals surface area contributed by atoms with Crippen molar-refractivity contribution >= 4 is 46.3 Å². The molecular formula is C36H40F2N9O3+. The number of anilines is 2. The molecule has 1 aromatic carbocycles. The summed E-state index contributed by atoms with van der Waals surface area (Å²) >= 11 is 0. The van der Waals surface area contributed by atoms with E-state index in [1.54, 1.807) is 40.9 Å². The average Bonchev–Trinajstić information content (AvgIpc) is 3.39. The highest BCUT2D eigenvalue weighted by Gasteiger charge is 2.38. The third kappa shape index (κ3) is 6.38. The van der Waals surface area contributed by atoms with E-state index in [1.165, 1.54) is 18.2 Å². The summed E-state index contributed by atoms with van der Waals surface area (Å²) in [6.07, 6.45) is 4.78. The van der Waals surface area contributed by atoms with Gasteiger partial charge in [0.25, 0.3) is 0 Å². The van der Waals surface area contributed by atoms with Crippen LogP contribution in [0.15, 0.2) is 54.0 Å². The molecule has 0 radical (unpaired) electrons. The summed E-state index contributed by atoms with van der Waals surface area (Å²) in [7, 11) is 1.78. The standard InChI is InChI=1S/C36H39F2N9O3/c1-7-29(48)46-15-20(5)47(16-19(46)4)34-23-14-25(38)32(42-33(23)43-36(50)44-34)31-24(37)8-9-28-30(31)21(17-45(28)6)12-26(39)35(49)41-22-10-11-40-27(13-22)18(2)3/h7-11,13-14,17-21,26H,1,12,15-16,39H2,2-6H3,(H-,40,41,42,43,44,49,50)/p+1/t19-,20+,21?,26?/m1/s1. The van der Waals surface area contributed by atoms with Gasteiger partial charge in [-0.25, -0.2) is 23.1 Å². The Labute approximate surface area is 287 Å². The maximum Gasteiger partial charge on any atom is 0.348 e. The van der Waals surface area contributed by atoms with E-state index in [4.69, 9.17) is 5.73 Å². The largest absolute Gasteiger partial charge is 0.349 e. The molecule has 3 aromatic heterocycles. The van der Waals surface area contributed by atoms with Gasteiger partial charge in [0.15, 0.2) is 12.0 Å². The number of fused-ring (bicyclic) bond motifs is 2. The maximum absolute atomic E-state index is 16.3. The first-order valence-corrected chi connectivity index (χ1v) is 16.5. The minimum Gasteiger partial charge on any atom is -0.349 e. The first-order valence-electron chi connectivity index (χ1n) is 16.5. The molecule has 1 saturated heterocycles. The van der Waals surface area contributed by atoms with Crippen molar-refractivity contribution in [3.05, 3.63) is 82.6 Å². The second kappa shape index (κ2) is 13.5. The van der Waals surface area contributed by atoms with Gasteiger partial charge in [-0.2, -0.15) is 4.98 Å². The quantitative estimate of drug-likeness (QED) is 0.185. The van der Waals surface area contributed by atoms with Gasteiger partial charge in [-0.05, 0) is 56.5 Å². The summed E-state index contributed by atoms with van der Waals surface area (Å²) in [6.45, 7) is 12.0. The predicted octanol–water partition coefficient (Wildman–Crippen LogP) is 4.19. The molecule has 2 unspecified atom stereocenters. The summed E-state index contributed by atoms with van der Waals surface area (Å²) in [6, 6.07) is 5.99. The van der Waals surface area contributed by atoms with E-state index >= 15 is 8.78 Å². The molecule has 260 valence electrons. The molecule has 0 saturated carbocycles. The number of carbonyl (C=O) groups excluding carboxylic acids is 2. The molecule has 12 nitrogen and oxygen atoms in total. The molecular weight excluding hydrogens is 644 g/mol. The Balaban J connectivity index is 1.35. The molecule has 0 bridgehead atoms. The third-order valence-corrected chi connectivity index (χ3v) is 9.41. The zero-order valence-corrected chi connectivity index (χ0v) is 28.6. The molecule has 0 aliphatic carbocycles. The zero-order valence-electron chi connectivity index (χ0n) is 28.6. The van der Waals surface area contributed by atoms with E-state index in [0.29, 0.717) is 30.0 Å². The Morgan fingerprint density at radius 2 is 1.90 bits per heavy atom. The van der Waals surface area contributed by atoms with Crippen molar-refractivity contribution < 1.29 is 22.9 Å². The smallest absolute Gasteiger partial charge is 0.348 e. The van der Waals surface area contributed by atoms with Gasteiger partial charge in [-0.3, -0.25) is 19.6 Å². The highest BCUT2D eigenvalue weighted by molar-refractivity contribution is 5.96. The molecule has 6 rings (SSSR count). The SMILES string of the molecule is C=CC(=O)N1C[C@H](C)N(c2nc(=O)[nH]c3nc(-c4c(F)ccc5c4C(CC(N)C(=O)Nc4ccnc(C(C)C)c4)C=[N+]5C)c(F)cc23)C[C@H]1C. The summed E-state index contributed by atoms with van der Waals surface area (Å²) in [4.78, 5) is 57.6. The molecule has 0 spiro atoms. The second-order valence-corrected chi connectivity index (χ2v) is 13.3. The maximum atomic E-state index is 16.3. The Morgan fingerprint density at radius 3 is 2.62 bits per heavy atom. The van der Waals surface area contributed by atoms with Gasteiger partial charge in [0.1, 0.15) is 30.0 Å². The van der Waals surface area contributed by atoms with Crippen LogP contribution in [0.2, 0.25) is 0 Å². The number of nitrogens with one attached hydrogen (secondary N) is 2. The number of hydrogen-bond donors (Lipinski definition) is 3. The fourth-order valence-corrected chi connectivity index (χ4v) is 6.85. The van der Waals surface area contributed by atoms with Gasteiger partial charge in [-0.15, -0.1) is 0 Å².